The zero-order valence-corrected chi connectivity index (χ0v) is 5.96. The second-order valence-electron chi connectivity index (χ2n) is 2.40. The van der Waals surface area contributed by atoms with Crippen LogP contribution >= 0.6 is 0 Å². The van der Waals surface area contributed by atoms with Crippen molar-refractivity contribution in [1.82, 2.24) is 5.32 Å². The zero-order chi connectivity index (χ0) is 7.56. The van der Waals surface area contributed by atoms with E-state index >= 15 is 0 Å². The fourth-order valence-corrected chi connectivity index (χ4v) is 0.969. The lowest BCUT2D eigenvalue weighted by molar-refractivity contribution is 0.134. The van der Waals surface area contributed by atoms with E-state index in [1.165, 1.54) is 0 Å². The molecule has 0 aromatic rings. The van der Waals surface area contributed by atoms with Gasteiger partial charge in [-0.1, -0.05) is 6.08 Å². The van der Waals surface area contributed by atoms with Crippen LogP contribution in [0.15, 0.2) is 12.7 Å². The first kappa shape index (κ1) is 7.12. The van der Waals surface area contributed by atoms with E-state index in [4.69, 9.17) is 4.74 Å². The lowest BCUT2D eigenvalue weighted by Crippen LogP contribution is -2.27. The van der Waals surface area contributed by atoms with Gasteiger partial charge in [-0.3, -0.25) is 0 Å². The van der Waals surface area contributed by atoms with Gasteiger partial charge < -0.3 is 10.1 Å². The molecular formula is C7H11NO2. The molecule has 1 heterocycles. The molecule has 1 amide bonds. The third-order valence-electron chi connectivity index (χ3n) is 1.56. The lowest BCUT2D eigenvalue weighted by Gasteiger charge is -2.08. The quantitative estimate of drug-likeness (QED) is 0.584. The molecule has 0 aromatic carbocycles. The first-order chi connectivity index (χ1) is 4.74. The largest absolute Gasteiger partial charge is 0.444 e. The van der Waals surface area contributed by atoms with Gasteiger partial charge in [0, 0.05) is 6.42 Å². The number of carbonyl (C=O) groups excluding carboxylic acids is 1. The second kappa shape index (κ2) is 2.73. The number of cyclic esters (lactones) is 1. The summed E-state index contributed by atoms with van der Waals surface area (Å²) in [6, 6.07) is 0.116. The van der Waals surface area contributed by atoms with Crippen LogP contribution in [0.2, 0.25) is 0 Å². The van der Waals surface area contributed by atoms with Crippen molar-refractivity contribution < 1.29 is 9.53 Å². The summed E-state index contributed by atoms with van der Waals surface area (Å²) in [4.78, 5) is 10.6. The maximum atomic E-state index is 10.6. The normalized spacial score (nSPS) is 31.1. The highest BCUT2D eigenvalue weighted by Crippen LogP contribution is 2.11. The van der Waals surface area contributed by atoms with Crippen LogP contribution in [0.4, 0.5) is 4.79 Å². The monoisotopic (exact) mass is 141 g/mol. The number of carbonyl (C=O) groups is 1. The first-order valence-electron chi connectivity index (χ1n) is 3.32. The summed E-state index contributed by atoms with van der Waals surface area (Å²) in [6.07, 6.45) is 2.13. The molecule has 0 aromatic heterocycles. The van der Waals surface area contributed by atoms with Gasteiger partial charge in [-0.15, -0.1) is 6.58 Å². The van der Waals surface area contributed by atoms with Crippen LogP contribution in [0.5, 0.6) is 0 Å². The van der Waals surface area contributed by atoms with Crippen LogP contribution in [-0.4, -0.2) is 18.2 Å². The Morgan fingerprint density at radius 2 is 2.60 bits per heavy atom. The molecular weight excluding hydrogens is 130 g/mol. The molecule has 1 saturated heterocycles. The fourth-order valence-electron chi connectivity index (χ4n) is 0.969. The average molecular weight is 141 g/mol. The second-order valence-corrected chi connectivity index (χ2v) is 2.40. The minimum Gasteiger partial charge on any atom is -0.444 e. The molecule has 2 atom stereocenters. The van der Waals surface area contributed by atoms with E-state index in [9.17, 15) is 4.79 Å². The first-order valence-corrected chi connectivity index (χ1v) is 3.32. The van der Waals surface area contributed by atoms with Gasteiger partial charge in [0.1, 0.15) is 6.10 Å². The van der Waals surface area contributed by atoms with E-state index in [1.807, 2.05) is 6.92 Å². The molecule has 0 radical (unpaired) electrons. The number of rotatable bonds is 2. The summed E-state index contributed by atoms with van der Waals surface area (Å²) >= 11 is 0. The molecule has 1 aliphatic rings. The number of hydrogen-bond donors (Lipinski definition) is 1. The van der Waals surface area contributed by atoms with E-state index in [2.05, 4.69) is 11.9 Å². The Hall–Kier alpha value is -0.990. The van der Waals surface area contributed by atoms with Crippen LogP contribution in [-0.2, 0) is 4.74 Å². The minimum absolute atomic E-state index is 0.0231. The van der Waals surface area contributed by atoms with E-state index in [0.717, 1.165) is 6.42 Å². The van der Waals surface area contributed by atoms with Crippen LogP contribution < -0.4 is 5.32 Å². The summed E-state index contributed by atoms with van der Waals surface area (Å²) in [5.41, 5.74) is 0. The molecule has 0 aliphatic carbocycles. The summed E-state index contributed by atoms with van der Waals surface area (Å²) in [5.74, 6) is 0. The minimum atomic E-state index is -0.320. The van der Waals surface area contributed by atoms with Crippen molar-refractivity contribution in [3.8, 4) is 0 Å². The van der Waals surface area contributed by atoms with Gasteiger partial charge in [0.25, 0.3) is 0 Å². The molecule has 1 fully saturated rings. The zero-order valence-electron chi connectivity index (χ0n) is 5.96. The Labute approximate surface area is 60.1 Å². The van der Waals surface area contributed by atoms with Gasteiger partial charge in [0.2, 0.25) is 0 Å². The summed E-state index contributed by atoms with van der Waals surface area (Å²) in [5, 5.41) is 2.64. The van der Waals surface area contributed by atoms with Gasteiger partial charge in [0.05, 0.1) is 6.04 Å². The highest BCUT2D eigenvalue weighted by Gasteiger charge is 2.28. The Morgan fingerprint density at radius 1 is 1.90 bits per heavy atom. The number of alkyl carbamates (subject to hydrolysis) is 1. The standard InChI is InChI=1S/C7H11NO2/c1-3-4-6-5(2)8-7(9)10-6/h3,5-6H,1,4H2,2H3,(H,8,9)/t5-,6+/m0/s1. The van der Waals surface area contributed by atoms with Gasteiger partial charge >= 0.3 is 6.09 Å². The Kier molecular flexibility index (Phi) is 1.94. The predicted molar refractivity (Wildman–Crippen MR) is 37.7 cm³/mol. The molecule has 0 saturated carbocycles. The molecule has 0 bridgehead atoms. The maximum Gasteiger partial charge on any atom is 0.407 e. The molecule has 1 aliphatic heterocycles. The van der Waals surface area contributed by atoms with Gasteiger partial charge in [-0.25, -0.2) is 4.79 Å². The van der Waals surface area contributed by atoms with Gasteiger partial charge in [0.15, 0.2) is 0 Å². The molecule has 3 nitrogen and oxygen atoms in total. The summed E-state index contributed by atoms with van der Waals surface area (Å²) < 4.78 is 4.89. The van der Waals surface area contributed by atoms with Crippen LogP contribution in [0.1, 0.15) is 13.3 Å². The summed E-state index contributed by atoms with van der Waals surface area (Å²) in [7, 11) is 0. The molecule has 56 valence electrons. The topological polar surface area (TPSA) is 38.3 Å². The predicted octanol–water partition coefficient (Wildman–Crippen LogP) is 1.06. The van der Waals surface area contributed by atoms with Crippen molar-refractivity contribution >= 4 is 6.09 Å². The number of nitrogens with one attached hydrogen (secondary N) is 1. The lowest BCUT2D eigenvalue weighted by atomic mass is 10.1. The molecule has 1 rings (SSSR count). The third-order valence-corrected chi connectivity index (χ3v) is 1.56. The van der Waals surface area contributed by atoms with Crippen molar-refractivity contribution in [1.29, 1.82) is 0 Å². The van der Waals surface area contributed by atoms with Crippen molar-refractivity contribution in [2.75, 3.05) is 0 Å². The fraction of sp³-hybridized carbons (Fsp3) is 0.571. The van der Waals surface area contributed by atoms with E-state index in [1.54, 1.807) is 6.08 Å². The average Bonchev–Trinajstić information content (AvgIpc) is 2.13. The summed E-state index contributed by atoms with van der Waals surface area (Å²) in [6.45, 7) is 5.48. The number of amides is 1. The molecule has 0 unspecified atom stereocenters. The Bertz CT molecular complexity index is 156. The molecule has 1 N–H and O–H groups in total. The van der Waals surface area contributed by atoms with E-state index < -0.39 is 0 Å². The maximum absolute atomic E-state index is 10.6. The number of ether oxygens (including phenoxy) is 1. The Balaban J connectivity index is 2.45. The molecule has 3 heteroatoms. The van der Waals surface area contributed by atoms with Crippen LogP contribution in [0.3, 0.4) is 0 Å². The van der Waals surface area contributed by atoms with E-state index in [-0.39, 0.29) is 18.2 Å². The van der Waals surface area contributed by atoms with Crippen molar-refractivity contribution in [2.45, 2.75) is 25.5 Å². The molecule has 0 spiro atoms. The van der Waals surface area contributed by atoms with E-state index in [0.29, 0.717) is 0 Å². The molecule has 10 heavy (non-hydrogen) atoms. The van der Waals surface area contributed by atoms with Gasteiger partial charge in [-0.2, -0.15) is 0 Å². The van der Waals surface area contributed by atoms with Crippen molar-refractivity contribution in [2.24, 2.45) is 0 Å². The smallest absolute Gasteiger partial charge is 0.407 e. The van der Waals surface area contributed by atoms with Crippen molar-refractivity contribution in [3.05, 3.63) is 12.7 Å². The third kappa shape index (κ3) is 1.29. The highest BCUT2D eigenvalue weighted by molar-refractivity contribution is 5.70. The highest BCUT2D eigenvalue weighted by atomic mass is 16.6. The SMILES string of the molecule is C=CC[C@H]1OC(=O)N[C@H]1C. The van der Waals surface area contributed by atoms with Gasteiger partial charge in [-0.05, 0) is 6.92 Å². The Morgan fingerprint density at radius 3 is 3.00 bits per heavy atom. The van der Waals surface area contributed by atoms with Crippen LogP contribution in [0.25, 0.3) is 0 Å². The van der Waals surface area contributed by atoms with Crippen molar-refractivity contribution in [3.63, 3.8) is 0 Å². The van der Waals surface area contributed by atoms with Crippen LogP contribution in [0, 0.1) is 0 Å². The number of hydrogen-bond acceptors (Lipinski definition) is 2.